The number of para-hydroxylation sites is 1. The largest absolute Gasteiger partial charge is 0.361 e. The standard InChI is InChI=1S/C27H24N6O/c1-2-13-29-26-25(19-8-10-22-18(15-19)12-14-28-22)32(21-9-11-23-24(16-21)31-17-30-23)27(34)33(26)20-6-4-3-5-7-20/h3-12,14-17,25,28H,2,13H2,1H3,(H,30,31). The minimum atomic E-state index is -0.366. The summed E-state index contributed by atoms with van der Waals surface area (Å²) in [6, 6.07) is 23.5. The van der Waals surface area contributed by atoms with Crippen molar-refractivity contribution in [2.45, 2.75) is 19.4 Å². The van der Waals surface area contributed by atoms with E-state index in [1.54, 1.807) is 11.2 Å². The number of nitrogens with one attached hydrogen (secondary N) is 2. The van der Waals surface area contributed by atoms with Gasteiger partial charge in [-0.1, -0.05) is 31.2 Å². The Bertz CT molecular complexity index is 1520. The van der Waals surface area contributed by atoms with Crippen molar-refractivity contribution in [1.29, 1.82) is 0 Å². The van der Waals surface area contributed by atoms with Gasteiger partial charge < -0.3 is 9.97 Å². The molecule has 5 aromatic rings. The Morgan fingerprint density at radius 1 is 0.941 bits per heavy atom. The summed E-state index contributed by atoms with van der Waals surface area (Å²) >= 11 is 0. The molecule has 3 heterocycles. The lowest BCUT2D eigenvalue weighted by Crippen LogP contribution is -2.33. The topological polar surface area (TPSA) is 80.4 Å². The second-order valence-corrected chi connectivity index (χ2v) is 8.39. The SMILES string of the molecule is CCCN=C1C(c2ccc3[nH]ccc3c2)N(c2ccc3[nH]cnc3c2)C(=O)N1c1ccccc1. The fraction of sp³-hybridized carbons (Fsp3) is 0.148. The van der Waals surface area contributed by atoms with Crippen LogP contribution in [0.1, 0.15) is 24.9 Å². The number of amidine groups is 1. The normalized spacial score (nSPS) is 17.5. The van der Waals surface area contributed by atoms with Gasteiger partial charge in [0.05, 0.1) is 23.0 Å². The molecule has 1 atom stereocenters. The van der Waals surface area contributed by atoms with Crippen LogP contribution in [0.15, 0.2) is 90.3 Å². The number of amides is 2. The molecule has 0 saturated carbocycles. The number of hydrogen-bond acceptors (Lipinski definition) is 3. The molecular formula is C27H24N6O. The van der Waals surface area contributed by atoms with Crippen LogP contribution in [-0.2, 0) is 0 Å². The first-order chi connectivity index (χ1) is 16.7. The minimum absolute atomic E-state index is 0.130. The number of imidazole rings is 1. The number of rotatable bonds is 5. The van der Waals surface area contributed by atoms with Crippen molar-refractivity contribution in [2.75, 3.05) is 16.3 Å². The van der Waals surface area contributed by atoms with E-state index in [1.165, 1.54) is 0 Å². The predicted molar refractivity (Wildman–Crippen MR) is 137 cm³/mol. The number of aliphatic imine (C=N–C) groups is 1. The quantitative estimate of drug-likeness (QED) is 0.344. The number of aromatic amines is 2. The number of carbonyl (C=O) groups is 1. The zero-order chi connectivity index (χ0) is 23.1. The number of aromatic nitrogens is 3. The second kappa shape index (κ2) is 8.19. The Hall–Kier alpha value is -4.39. The number of nitrogens with zero attached hydrogens (tertiary/aromatic N) is 4. The first-order valence-electron chi connectivity index (χ1n) is 11.5. The van der Waals surface area contributed by atoms with Crippen molar-refractivity contribution in [3.63, 3.8) is 0 Å². The summed E-state index contributed by atoms with van der Waals surface area (Å²) in [5.74, 6) is 0.732. The summed E-state index contributed by atoms with van der Waals surface area (Å²) in [5.41, 5.74) is 5.40. The van der Waals surface area contributed by atoms with Crippen LogP contribution in [0.3, 0.4) is 0 Å². The molecule has 1 saturated heterocycles. The summed E-state index contributed by atoms with van der Waals surface area (Å²) < 4.78 is 0. The number of benzene rings is 3. The predicted octanol–water partition coefficient (Wildman–Crippen LogP) is 6.04. The summed E-state index contributed by atoms with van der Waals surface area (Å²) in [7, 11) is 0. The van der Waals surface area contributed by atoms with Crippen LogP contribution in [0, 0.1) is 0 Å². The van der Waals surface area contributed by atoms with Crippen LogP contribution in [-0.4, -0.2) is 33.4 Å². The Kier molecular flexibility index (Phi) is 4.87. The van der Waals surface area contributed by atoms with E-state index in [9.17, 15) is 4.79 Å². The third-order valence-corrected chi connectivity index (χ3v) is 6.22. The van der Waals surface area contributed by atoms with Crippen LogP contribution in [0.25, 0.3) is 21.9 Å². The second-order valence-electron chi connectivity index (χ2n) is 8.39. The number of H-pyrrole nitrogens is 2. The molecule has 1 fully saturated rings. The molecular weight excluding hydrogens is 424 g/mol. The Balaban J connectivity index is 1.57. The number of anilines is 2. The van der Waals surface area contributed by atoms with E-state index in [-0.39, 0.29) is 12.1 Å². The zero-order valence-electron chi connectivity index (χ0n) is 18.8. The molecule has 1 aliphatic heterocycles. The molecule has 168 valence electrons. The molecule has 34 heavy (non-hydrogen) atoms. The van der Waals surface area contributed by atoms with Gasteiger partial charge in [0.2, 0.25) is 0 Å². The summed E-state index contributed by atoms with van der Waals surface area (Å²) in [4.78, 5) is 33.4. The van der Waals surface area contributed by atoms with Gasteiger partial charge in [-0.3, -0.25) is 9.89 Å². The third kappa shape index (κ3) is 3.25. The maximum absolute atomic E-state index is 14.1. The highest BCUT2D eigenvalue weighted by Crippen LogP contribution is 2.40. The smallest absolute Gasteiger partial charge is 0.335 e. The van der Waals surface area contributed by atoms with Gasteiger partial charge >= 0.3 is 6.03 Å². The van der Waals surface area contributed by atoms with Gasteiger partial charge in [-0.25, -0.2) is 14.7 Å². The van der Waals surface area contributed by atoms with E-state index in [0.717, 1.165) is 51.1 Å². The van der Waals surface area contributed by atoms with E-state index in [1.807, 2.05) is 65.7 Å². The van der Waals surface area contributed by atoms with Gasteiger partial charge in [-0.2, -0.15) is 0 Å². The van der Waals surface area contributed by atoms with E-state index < -0.39 is 0 Å². The lowest BCUT2D eigenvalue weighted by Gasteiger charge is -2.23. The van der Waals surface area contributed by atoms with Crippen LogP contribution < -0.4 is 9.80 Å². The van der Waals surface area contributed by atoms with Gasteiger partial charge in [0.25, 0.3) is 0 Å². The van der Waals surface area contributed by atoms with Gasteiger partial charge in [-0.15, -0.1) is 0 Å². The third-order valence-electron chi connectivity index (χ3n) is 6.22. The van der Waals surface area contributed by atoms with Gasteiger partial charge in [0.15, 0.2) is 0 Å². The van der Waals surface area contributed by atoms with Crippen molar-refractivity contribution in [3.8, 4) is 0 Å². The highest BCUT2D eigenvalue weighted by molar-refractivity contribution is 6.30. The van der Waals surface area contributed by atoms with E-state index >= 15 is 0 Å². The molecule has 2 amide bonds. The average Bonchev–Trinajstić information content (AvgIpc) is 3.59. The fourth-order valence-corrected chi connectivity index (χ4v) is 4.63. The molecule has 2 N–H and O–H groups in total. The van der Waals surface area contributed by atoms with Crippen LogP contribution in [0.2, 0.25) is 0 Å². The molecule has 1 aliphatic rings. The summed E-state index contributed by atoms with van der Waals surface area (Å²) in [6.45, 7) is 2.74. The Morgan fingerprint density at radius 2 is 1.79 bits per heavy atom. The highest BCUT2D eigenvalue weighted by Gasteiger charge is 2.45. The van der Waals surface area contributed by atoms with E-state index in [0.29, 0.717) is 6.54 Å². The average molecular weight is 449 g/mol. The fourth-order valence-electron chi connectivity index (χ4n) is 4.63. The van der Waals surface area contributed by atoms with Crippen molar-refractivity contribution in [3.05, 3.63) is 90.9 Å². The molecule has 0 bridgehead atoms. The lowest BCUT2D eigenvalue weighted by atomic mass is 10.0. The van der Waals surface area contributed by atoms with Crippen molar-refractivity contribution < 1.29 is 4.79 Å². The zero-order valence-corrected chi connectivity index (χ0v) is 18.8. The summed E-state index contributed by atoms with van der Waals surface area (Å²) in [6.07, 6.45) is 4.49. The molecule has 0 radical (unpaired) electrons. The van der Waals surface area contributed by atoms with Gasteiger partial charge in [0, 0.05) is 23.9 Å². The molecule has 2 aromatic heterocycles. The highest BCUT2D eigenvalue weighted by atomic mass is 16.2. The molecule has 0 spiro atoms. The Morgan fingerprint density at radius 3 is 2.65 bits per heavy atom. The van der Waals surface area contributed by atoms with Crippen molar-refractivity contribution in [1.82, 2.24) is 15.0 Å². The first-order valence-corrected chi connectivity index (χ1v) is 11.5. The van der Waals surface area contributed by atoms with Crippen LogP contribution in [0.5, 0.6) is 0 Å². The van der Waals surface area contributed by atoms with Crippen LogP contribution in [0.4, 0.5) is 16.2 Å². The molecule has 7 nitrogen and oxygen atoms in total. The monoisotopic (exact) mass is 448 g/mol. The minimum Gasteiger partial charge on any atom is -0.361 e. The first kappa shape index (κ1) is 20.2. The maximum atomic E-state index is 14.1. The van der Waals surface area contributed by atoms with E-state index in [4.69, 9.17) is 4.99 Å². The van der Waals surface area contributed by atoms with Crippen LogP contribution >= 0.6 is 0 Å². The molecule has 6 rings (SSSR count). The maximum Gasteiger partial charge on any atom is 0.335 e. The Labute approximate surface area is 196 Å². The summed E-state index contributed by atoms with van der Waals surface area (Å²) in [5, 5.41) is 1.10. The van der Waals surface area contributed by atoms with Crippen molar-refractivity contribution in [2.24, 2.45) is 4.99 Å². The number of carbonyl (C=O) groups excluding carboxylic acids is 1. The van der Waals surface area contributed by atoms with Gasteiger partial charge in [0.1, 0.15) is 11.9 Å². The molecule has 1 unspecified atom stereocenters. The number of hydrogen-bond donors (Lipinski definition) is 2. The molecule has 7 heteroatoms. The van der Waals surface area contributed by atoms with E-state index in [2.05, 4.69) is 40.1 Å². The van der Waals surface area contributed by atoms with Gasteiger partial charge in [-0.05, 0) is 65.9 Å². The molecule has 0 aliphatic carbocycles. The molecule has 3 aromatic carbocycles. The van der Waals surface area contributed by atoms with Crippen molar-refractivity contribution >= 4 is 45.2 Å². The number of fused-ring (bicyclic) bond motifs is 2. The lowest BCUT2D eigenvalue weighted by molar-refractivity contribution is 0.255. The number of urea groups is 1.